The number of halogens is 2. The Labute approximate surface area is 116 Å². The summed E-state index contributed by atoms with van der Waals surface area (Å²) in [6.07, 6.45) is -0.127. The number of rotatable bonds is 3. The standard InChI is InChI=1S/C14H19F2NO3/c1-19-10-7-9(8-11(20-2)12(10)18)13(17)3-5-14(15,16)6-4-13/h7-8,18H,3-6,17H2,1-2H3. The number of phenolic OH excluding ortho intramolecular Hbond substituents is 1. The van der Waals surface area contributed by atoms with Crippen LogP contribution in [0.1, 0.15) is 31.2 Å². The van der Waals surface area contributed by atoms with Crippen LogP contribution in [0, 0.1) is 0 Å². The number of phenols is 1. The van der Waals surface area contributed by atoms with Crippen LogP contribution in [-0.2, 0) is 5.54 Å². The fraction of sp³-hybridized carbons (Fsp3) is 0.571. The summed E-state index contributed by atoms with van der Waals surface area (Å²) in [6.45, 7) is 0. The van der Waals surface area contributed by atoms with E-state index in [1.807, 2.05) is 0 Å². The van der Waals surface area contributed by atoms with E-state index in [1.165, 1.54) is 14.2 Å². The fourth-order valence-corrected chi connectivity index (χ4v) is 2.53. The molecule has 0 atom stereocenters. The first-order valence-electron chi connectivity index (χ1n) is 6.43. The summed E-state index contributed by atoms with van der Waals surface area (Å²) in [5, 5.41) is 9.87. The average molecular weight is 287 g/mol. The molecule has 0 aliphatic heterocycles. The Morgan fingerprint density at radius 3 is 1.90 bits per heavy atom. The molecule has 0 aromatic heterocycles. The van der Waals surface area contributed by atoms with Crippen molar-refractivity contribution in [2.45, 2.75) is 37.1 Å². The highest BCUT2D eigenvalue weighted by atomic mass is 19.3. The summed E-state index contributed by atoms with van der Waals surface area (Å²) >= 11 is 0. The molecule has 1 fully saturated rings. The molecule has 2 rings (SSSR count). The minimum atomic E-state index is -2.64. The summed E-state index contributed by atoms with van der Waals surface area (Å²) in [4.78, 5) is 0. The number of benzene rings is 1. The van der Waals surface area contributed by atoms with Crippen molar-refractivity contribution in [1.29, 1.82) is 0 Å². The molecule has 1 aromatic rings. The van der Waals surface area contributed by atoms with Crippen LogP contribution in [0.15, 0.2) is 12.1 Å². The second-order valence-corrected chi connectivity index (χ2v) is 5.24. The predicted molar refractivity (Wildman–Crippen MR) is 70.5 cm³/mol. The van der Waals surface area contributed by atoms with Crippen molar-refractivity contribution in [3.63, 3.8) is 0 Å². The number of methoxy groups -OCH3 is 2. The molecule has 0 spiro atoms. The van der Waals surface area contributed by atoms with Crippen LogP contribution in [0.2, 0.25) is 0 Å². The van der Waals surface area contributed by atoms with E-state index in [4.69, 9.17) is 15.2 Å². The van der Waals surface area contributed by atoms with Gasteiger partial charge in [0.1, 0.15) is 0 Å². The van der Waals surface area contributed by atoms with E-state index < -0.39 is 11.5 Å². The largest absolute Gasteiger partial charge is 0.502 e. The summed E-state index contributed by atoms with van der Waals surface area (Å²) in [5.74, 6) is -2.32. The van der Waals surface area contributed by atoms with Crippen LogP contribution in [0.5, 0.6) is 17.2 Å². The Hall–Kier alpha value is -1.56. The smallest absolute Gasteiger partial charge is 0.248 e. The first-order chi connectivity index (χ1) is 9.31. The third kappa shape index (κ3) is 2.65. The average Bonchev–Trinajstić information content (AvgIpc) is 2.42. The zero-order chi connectivity index (χ0) is 15.0. The molecular weight excluding hydrogens is 268 g/mol. The summed E-state index contributed by atoms with van der Waals surface area (Å²) in [7, 11) is 2.83. The van der Waals surface area contributed by atoms with Gasteiger partial charge in [-0.15, -0.1) is 0 Å². The van der Waals surface area contributed by atoms with E-state index in [0.717, 1.165) is 0 Å². The number of ether oxygens (including phenoxy) is 2. The van der Waals surface area contributed by atoms with Gasteiger partial charge < -0.3 is 20.3 Å². The van der Waals surface area contributed by atoms with Crippen LogP contribution in [-0.4, -0.2) is 25.2 Å². The molecule has 3 N–H and O–H groups in total. The molecule has 0 amide bonds. The topological polar surface area (TPSA) is 64.7 Å². The van der Waals surface area contributed by atoms with E-state index in [1.54, 1.807) is 12.1 Å². The Kier molecular flexibility index (Phi) is 3.77. The van der Waals surface area contributed by atoms with E-state index in [2.05, 4.69) is 0 Å². The van der Waals surface area contributed by atoms with Crippen LogP contribution in [0.3, 0.4) is 0 Å². The van der Waals surface area contributed by atoms with Gasteiger partial charge in [0, 0.05) is 18.4 Å². The molecule has 4 nitrogen and oxygen atoms in total. The molecule has 0 unspecified atom stereocenters. The van der Waals surface area contributed by atoms with Crippen LogP contribution in [0.25, 0.3) is 0 Å². The Balaban J connectivity index is 2.37. The predicted octanol–water partition coefficient (Wildman–Crippen LogP) is 2.77. The van der Waals surface area contributed by atoms with Gasteiger partial charge in [-0.1, -0.05) is 0 Å². The maximum absolute atomic E-state index is 13.3. The van der Waals surface area contributed by atoms with Crippen molar-refractivity contribution in [2.75, 3.05) is 14.2 Å². The molecule has 1 aromatic carbocycles. The number of aromatic hydroxyl groups is 1. The van der Waals surface area contributed by atoms with E-state index in [9.17, 15) is 13.9 Å². The lowest BCUT2D eigenvalue weighted by Crippen LogP contribution is -2.43. The minimum absolute atomic E-state index is 0.122. The lowest BCUT2D eigenvalue weighted by Gasteiger charge is -2.37. The van der Waals surface area contributed by atoms with E-state index in [-0.39, 0.29) is 42.9 Å². The van der Waals surface area contributed by atoms with Gasteiger partial charge in [0.15, 0.2) is 11.5 Å². The highest BCUT2D eigenvalue weighted by Crippen LogP contribution is 2.46. The molecule has 0 bridgehead atoms. The monoisotopic (exact) mass is 287 g/mol. The molecule has 6 heteroatoms. The van der Waals surface area contributed by atoms with E-state index >= 15 is 0 Å². The third-order valence-electron chi connectivity index (χ3n) is 3.93. The Bertz CT molecular complexity index is 470. The number of hydrogen-bond acceptors (Lipinski definition) is 4. The lowest BCUT2D eigenvalue weighted by molar-refractivity contribution is -0.0514. The third-order valence-corrected chi connectivity index (χ3v) is 3.93. The molecule has 0 radical (unpaired) electrons. The zero-order valence-corrected chi connectivity index (χ0v) is 11.6. The highest BCUT2D eigenvalue weighted by molar-refractivity contribution is 5.54. The first-order valence-corrected chi connectivity index (χ1v) is 6.43. The van der Waals surface area contributed by atoms with Gasteiger partial charge in [0.2, 0.25) is 11.7 Å². The van der Waals surface area contributed by atoms with Crippen molar-refractivity contribution >= 4 is 0 Å². The lowest BCUT2D eigenvalue weighted by atomic mass is 9.76. The molecule has 0 heterocycles. The minimum Gasteiger partial charge on any atom is -0.502 e. The van der Waals surface area contributed by atoms with Gasteiger partial charge in [-0.25, -0.2) is 8.78 Å². The quantitative estimate of drug-likeness (QED) is 0.897. The van der Waals surface area contributed by atoms with Gasteiger partial charge in [-0.05, 0) is 30.5 Å². The molecule has 0 saturated heterocycles. The summed E-state index contributed by atoms with van der Waals surface area (Å²) in [6, 6.07) is 3.17. The number of hydrogen-bond donors (Lipinski definition) is 2. The van der Waals surface area contributed by atoms with Crippen molar-refractivity contribution < 1.29 is 23.4 Å². The van der Waals surface area contributed by atoms with Gasteiger partial charge in [-0.3, -0.25) is 0 Å². The number of nitrogens with two attached hydrogens (primary N) is 1. The summed E-state index contributed by atoms with van der Waals surface area (Å²) < 4.78 is 36.7. The maximum Gasteiger partial charge on any atom is 0.248 e. The van der Waals surface area contributed by atoms with E-state index in [0.29, 0.717) is 5.56 Å². The van der Waals surface area contributed by atoms with Crippen molar-refractivity contribution in [2.24, 2.45) is 5.73 Å². The van der Waals surface area contributed by atoms with Gasteiger partial charge in [-0.2, -0.15) is 0 Å². The van der Waals surface area contributed by atoms with Crippen molar-refractivity contribution in [3.8, 4) is 17.2 Å². The van der Waals surface area contributed by atoms with Gasteiger partial charge >= 0.3 is 0 Å². The zero-order valence-electron chi connectivity index (χ0n) is 11.6. The normalized spacial score (nSPS) is 20.4. The van der Waals surface area contributed by atoms with Crippen LogP contribution >= 0.6 is 0 Å². The maximum atomic E-state index is 13.3. The van der Waals surface area contributed by atoms with Crippen molar-refractivity contribution in [3.05, 3.63) is 17.7 Å². The molecule has 1 aliphatic carbocycles. The molecule has 1 saturated carbocycles. The molecule has 112 valence electrons. The Morgan fingerprint density at radius 1 is 1.05 bits per heavy atom. The van der Waals surface area contributed by atoms with Gasteiger partial charge in [0.25, 0.3) is 0 Å². The highest BCUT2D eigenvalue weighted by Gasteiger charge is 2.42. The van der Waals surface area contributed by atoms with Gasteiger partial charge in [0.05, 0.1) is 14.2 Å². The van der Waals surface area contributed by atoms with Crippen LogP contribution in [0.4, 0.5) is 8.78 Å². The SMILES string of the molecule is COc1cc(C2(N)CCC(F)(F)CC2)cc(OC)c1O. The van der Waals surface area contributed by atoms with Crippen LogP contribution < -0.4 is 15.2 Å². The summed E-state index contributed by atoms with van der Waals surface area (Å²) in [5.41, 5.74) is 6.06. The second kappa shape index (κ2) is 5.09. The molecule has 20 heavy (non-hydrogen) atoms. The first kappa shape index (κ1) is 14.8. The van der Waals surface area contributed by atoms with Crippen molar-refractivity contribution in [1.82, 2.24) is 0 Å². The molecule has 1 aliphatic rings. The Morgan fingerprint density at radius 2 is 1.50 bits per heavy atom. The molecular formula is C14H19F2NO3. The second-order valence-electron chi connectivity index (χ2n) is 5.24. The number of alkyl halides is 2. The fourth-order valence-electron chi connectivity index (χ4n) is 2.53.